The van der Waals surface area contributed by atoms with Gasteiger partial charge >= 0.3 is 0 Å². The second kappa shape index (κ2) is 9.49. The maximum atomic E-state index is 6.42. The van der Waals surface area contributed by atoms with Crippen molar-refractivity contribution in [2.24, 2.45) is 0 Å². The normalized spacial score (nSPS) is 13.8. The molecule has 0 radical (unpaired) electrons. The van der Waals surface area contributed by atoms with Crippen LogP contribution in [0.15, 0.2) is 150 Å². The van der Waals surface area contributed by atoms with Gasteiger partial charge in [0.05, 0.1) is 0 Å². The van der Waals surface area contributed by atoms with Crippen molar-refractivity contribution in [1.82, 2.24) is 0 Å². The third-order valence-electron chi connectivity index (χ3n) is 11.1. The second-order valence-corrected chi connectivity index (χ2v) is 14.0. The first-order chi connectivity index (χ1) is 24.0. The lowest BCUT2D eigenvalue weighted by molar-refractivity contribution is 0.487. The number of rotatable bonds is 2. The van der Waals surface area contributed by atoms with Crippen LogP contribution in [0.1, 0.15) is 25.0 Å². The zero-order valence-electron chi connectivity index (χ0n) is 27.2. The van der Waals surface area contributed by atoms with Crippen LogP contribution < -0.4 is 4.74 Å². The van der Waals surface area contributed by atoms with Crippen LogP contribution in [0.25, 0.3) is 88.0 Å². The number of para-hydroxylation sites is 2. The average molecular weight is 627 g/mol. The first kappa shape index (κ1) is 26.9. The predicted molar refractivity (Wildman–Crippen MR) is 203 cm³/mol. The van der Waals surface area contributed by atoms with Gasteiger partial charge in [0.2, 0.25) is 0 Å². The van der Waals surface area contributed by atoms with Gasteiger partial charge in [-0.2, -0.15) is 0 Å². The van der Waals surface area contributed by atoms with E-state index in [0.717, 1.165) is 39.0 Å². The second-order valence-electron chi connectivity index (χ2n) is 14.0. The number of benzene rings is 8. The van der Waals surface area contributed by atoms with Crippen LogP contribution in [0.2, 0.25) is 0 Å². The van der Waals surface area contributed by atoms with Crippen LogP contribution in [-0.2, 0) is 5.41 Å². The van der Waals surface area contributed by atoms with E-state index in [9.17, 15) is 0 Å². The highest BCUT2D eigenvalue weighted by Crippen LogP contribution is 2.56. The van der Waals surface area contributed by atoms with Gasteiger partial charge in [0.25, 0.3) is 0 Å². The lowest BCUT2D eigenvalue weighted by Crippen LogP contribution is -2.15. The summed E-state index contributed by atoms with van der Waals surface area (Å²) >= 11 is 0. The van der Waals surface area contributed by atoms with Gasteiger partial charge in [-0.1, -0.05) is 117 Å². The van der Waals surface area contributed by atoms with Crippen molar-refractivity contribution in [3.63, 3.8) is 0 Å². The quantitative estimate of drug-likeness (QED) is 0.190. The van der Waals surface area contributed by atoms with Crippen LogP contribution in [0.3, 0.4) is 0 Å². The first-order valence-electron chi connectivity index (χ1n) is 17.0. The molecule has 0 fully saturated rings. The molecule has 0 unspecified atom stereocenters. The molecule has 230 valence electrons. The molecule has 11 rings (SSSR count). The molecule has 9 aromatic rings. The smallest absolute Gasteiger partial charge is 0.136 e. The molecule has 0 saturated heterocycles. The van der Waals surface area contributed by atoms with E-state index in [2.05, 4.69) is 147 Å². The van der Waals surface area contributed by atoms with Gasteiger partial charge in [-0.15, -0.1) is 0 Å². The van der Waals surface area contributed by atoms with E-state index < -0.39 is 0 Å². The molecule has 0 atom stereocenters. The summed E-state index contributed by atoms with van der Waals surface area (Å²) < 4.78 is 12.8. The Morgan fingerprint density at radius 2 is 1.16 bits per heavy atom. The Bertz CT molecular complexity index is 2880. The molecule has 0 amide bonds. The number of hydrogen-bond acceptors (Lipinski definition) is 2. The molecule has 0 bridgehead atoms. The fourth-order valence-corrected chi connectivity index (χ4v) is 8.73. The number of hydrogen-bond donors (Lipinski definition) is 0. The largest absolute Gasteiger partial charge is 0.456 e. The summed E-state index contributed by atoms with van der Waals surface area (Å²) in [6.07, 6.45) is 0. The fourth-order valence-electron chi connectivity index (χ4n) is 8.73. The van der Waals surface area contributed by atoms with E-state index in [4.69, 9.17) is 9.15 Å². The molecule has 0 spiro atoms. The van der Waals surface area contributed by atoms with E-state index in [1.165, 1.54) is 71.6 Å². The Labute approximate surface area is 283 Å². The SMILES string of the molecule is CC1(C)c2cc(-c3ccc4c5c(cccc35)-c3ccccc3O4)ccc2-c2c1cc1ccccc1c2-c1ccc2c(c1)oc1ccccc12. The maximum absolute atomic E-state index is 6.42. The Hall–Kier alpha value is -6.12. The standard InChI is InChI=1S/C47H30O2/c1-47(2)38-24-28(30-22-23-42-45-35(30)14-9-15-36(45)33-13-6-8-17-41(33)48-42)18-21-37(38)46-39(47)25-27-10-3-4-11-31(27)44(46)29-19-20-34-32-12-5-7-16-40(32)49-43(34)26-29/h3-26H,1-2H3. The molecule has 2 heterocycles. The third kappa shape index (κ3) is 3.61. The van der Waals surface area contributed by atoms with Gasteiger partial charge in [0, 0.05) is 27.1 Å². The van der Waals surface area contributed by atoms with E-state index in [-0.39, 0.29) is 5.41 Å². The van der Waals surface area contributed by atoms with E-state index >= 15 is 0 Å². The van der Waals surface area contributed by atoms with Gasteiger partial charge in [-0.3, -0.25) is 0 Å². The van der Waals surface area contributed by atoms with Crippen molar-refractivity contribution in [2.45, 2.75) is 19.3 Å². The van der Waals surface area contributed by atoms with E-state index in [1.807, 2.05) is 12.1 Å². The Kier molecular flexibility index (Phi) is 5.21. The van der Waals surface area contributed by atoms with E-state index in [0.29, 0.717) is 0 Å². The molecule has 1 aromatic heterocycles. The van der Waals surface area contributed by atoms with Crippen molar-refractivity contribution < 1.29 is 9.15 Å². The summed E-state index contributed by atoms with van der Waals surface area (Å²) in [6, 6.07) is 52.7. The van der Waals surface area contributed by atoms with Gasteiger partial charge in [0.1, 0.15) is 22.7 Å². The molecular weight excluding hydrogens is 597 g/mol. The van der Waals surface area contributed by atoms with Crippen molar-refractivity contribution in [1.29, 1.82) is 0 Å². The summed E-state index contributed by atoms with van der Waals surface area (Å²) in [5, 5.41) is 7.20. The van der Waals surface area contributed by atoms with Crippen molar-refractivity contribution in [2.75, 3.05) is 0 Å². The molecule has 2 nitrogen and oxygen atoms in total. The molecule has 1 aliphatic carbocycles. The average Bonchev–Trinajstić information content (AvgIpc) is 3.62. The highest BCUT2D eigenvalue weighted by Gasteiger charge is 2.38. The molecule has 0 saturated carbocycles. The van der Waals surface area contributed by atoms with Crippen LogP contribution in [-0.4, -0.2) is 0 Å². The van der Waals surface area contributed by atoms with E-state index in [1.54, 1.807) is 0 Å². The topological polar surface area (TPSA) is 22.4 Å². The summed E-state index contributed by atoms with van der Waals surface area (Å²) in [6.45, 7) is 4.76. The lowest BCUT2D eigenvalue weighted by Gasteiger charge is -2.24. The molecule has 8 aromatic carbocycles. The third-order valence-corrected chi connectivity index (χ3v) is 11.1. The Morgan fingerprint density at radius 1 is 0.429 bits per heavy atom. The minimum absolute atomic E-state index is 0.197. The number of ether oxygens (including phenoxy) is 1. The van der Waals surface area contributed by atoms with Crippen molar-refractivity contribution in [3.05, 3.63) is 157 Å². The van der Waals surface area contributed by atoms with Crippen LogP contribution in [0, 0.1) is 0 Å². The van der Waals surface area contributed by atoms with Gasteiger partial charge in [-0.25, -0.2) is 0 Å². The minimum Gasteiger partial charge on any atom is -0.456 e. The molecule has 49 heavy (non-hydrogen) atoms. The molecule has 1 aliphatic heterocycles. The molecule has 2 heteroatoms. The van der Waals surface area contributed by atoms with Crippen molar-refractivity contribution in [3.8, 4) is 56.0 Å². The van der Waals surface area contributed by atoms with Crippen LogP contribution in [0.5, 0.6) is 11.5 Å². The van der Waals surface area contributed by atoms with Crippen LogP contribution in [0.4, 0.5) is 0 Å². The fraction of sp³-hybridized carbons (Fsp3) is 0.0638. The zero-order chi connectivity index (χ0) is 32.4. The predicted octanol–water partition coefficient (Wildman–Crippen LogP) is 13.3. The van der Waals surface area contributed by atoms with Crippen LogP contribution >= 0.6 is 0 Å². The summed E-state index contributed by atoms with van der Waals surface area (Å²) in [7, 11) is 0. The Balaban J connectivity index is 1.14. The van der Waals surface area contributed by atoms with Gasteiger partial charge in [0.15, 0.2) is 0 Å². The minimum atomic E-state index is -0.197. The Morgan fingerprint density at radius 3 is 2.10 bits per heavy atom. The summed E-state index contributed by atoms with van der Waals surface area (Å²) in [5.74, 6) is 1.83. The monoisotopic (exact) mass is 626 g/mol. The van der Waals surface area contributed by atoms with Crippen molar-refractivity contribution >= 4 is 43.5 Å². The zero-order valence-corrected chi connectivity index (χ0v) is 27.2. The molecular formula is C47H30O2. The number of fused-ring (bicyclic) bond motifs is 9. The first-order valence-corrected chi connectivity index (χ1v) is 17.0. The summed E-state index contributed by atoms with van der Waals surface area (Å²) in [5.41, 5.74) is 14.2. The molecule has 2 aliphatic rings. The van der Waals surface area contributed by atoms with Gasteiger partial charge in [-0.05, 0) is 109 Å². The lowest BCUT2D eigenvalue weighted by atomic mass is 9.80. The number of furan rings is 1. The highest BCUT2D eigenvalue weighted by atomic mass is 16.5. The maximum Gasteiger partial charge on any atom is 0.136 e. The summed E-state index contributed by atoms with van der Waals surface area (Å²) in [4.78, 5) is 0. The molecule has 0 N–H and O–H groups in total. The highest BCUT2D eigenvalue weighted by molar-refractivity contribution is 6.13. The van der Waals surface area contributed by atoms with Gasteiger partial charge < -0.3 is 9.15 Å².